The fourth-order valence-corrected chi connectivity index (χ4v) is 3.00. The zero-order chi connectivity index (χ0) is 16.7. The van der Waals surface area contributed by atoms with E-state index in [4.69, 9.17) is 9.73 Å². The summed E-state index contributed by atoms with van der Waals surface area (Å²) in [5, 5.41) is 3.41. The Bertz CT molecular complexity index is 413. The number of amides is 1. The molecule has 6 nitrogen and oxygen atoms in total. The highest BCUT2D eigenvalue weighted by molar-refractivity contribution is 5.80. The van der Waals surface area contributed by atoms with Gasteiger partial charge < -0.3 is 19.9 Å². The summed E-state index contributed by atoms with van der Waals surface area (Å²) in [5.41, 5.74) is 0.372. The first-order valence-electron chi connectivity index (χ1n) is 8.97. The van der Waals surface area contributed by atoms with Crippen LogP contribution in [0.3, 0.4) is 0 Å². The zero-order valence-corrected chi connectivity index (χ0v) is 14.9. The van der Waals surface area contributed by atoms with E-state index in [0.717, 1.165) is 64.9 Å². The molecular weight excluding hydrogens is 292 g/mol. The van der Waals surface area contributed by atoms with Crippen LogP contribution in [-0.4, -0.2) is 74.1 Å². The van der Waals surface area contributed by atoms with E-state index in [2.05, 4.69) is 17.1 Å². The third-order valence-electron chi connectivity index (χ3n) is 4.86. The number of ether oxygens (including phenoxy) is 1. The number of hydrogen-bond acceptors (Lipinski definition) is 3. The molecule has 0 atom stereocenters. The van der Waals surface area contributed by atoms with Crippen LogP contribution in [0, 0.1) is 5.41 Å². The number of piperazine rings is 1. The highest BCUT2D eigenvalue weighted by atomic mass is 16.5. The molecule has 23 heavy (non-hydrogen) atoms. The molecule has 0 unspecified atom stereocenters. The van der Waals surface area contributed by atoms with Crippen LogP contribution in [0.15, 0.2) is 4.99 Å². The van der Waals surface area contributed by atoms with Crippen LogP contribution in [0.1, 0.15) is 40.0 Å². The van der Waals surface area contributed by atoms with E-state index < -0.39 is 0 Å². The lowest BCUT2D eigenvalue weighted by molar-refractivity contribution is -0.130. The largest absolute Gasteiger partial charge is 0.382 e. The van der Waals surface area contributed by atoms with Crippen LogP contribution < -0.4 is 5.32 Å². The molecule has 1 amide bonds. The minimum Gasteiger partial charge on any atom is -0.382 e. The van der Waals surface area contributed by atoms with Crippen molar-refractivity contribution in [2.75, 3.05) is 52.5 Å². The summed E-state index contributed by atoms with van der Waals surface area (Å²) in [4.78, 5) is 20.5. The third kappa shape index (κ3) is 5.37. The molecule has 1 saturated heterocycles. The molecule has 1 heterocycles. The Kier molecular flexibility index (Phi) is 6.69. The minimum atomic E-state index is 0.166. The summed E-state index contributed by atoms with van der Waals surface area (Å²) in [6.45, 7) is 12.5. The molecule has 0 spiro atoms. The van der Waals surface area contributed by atoms with Crippen LogP contribution in [0.2, 0.25) is 0 Å². The van der Waals surface area contributed by atoms with Crippen LogP contribution in [0.5, 0.6) is 0 Å². The van der Waals surface area contributed by atoms with Gasteiger partial charge in [0, 0.05) is 59.4 Å². The molecule has 6 heteroatoms. The Labute approximate surface area is 140 Å². The van der Waals surface area contributed by atoms with Crippen molar-refractivity contribution < 1.29 is 9.53 Å². The number of hydrogen-bond donors (Lipinski definition) is 1. The van der Waals surface area contributed by atoms with Gasteiger partial charge in [-0.25, -0.2) is 0 Å². The summed E-state index contributed by atoms with van der Waals surface area (Å²) in [7, 11) is 0. The summed E-state index contributed by atoms with van der Waals surface area (Å²) in [6.07, 6.45) is 3.64. The monoisotopic (exact) mass is 324 g/mol. The topological polar surface area (TPSA) is 57.2 Å². The van der Waals surface area contributed by atoms with Crippen molar-refractivity contribution >= 4 is 11.9 Å². The summed E-state index contributed by atoms with van der Waals surface area (Å²) in [5.74, 6) is 1.16. The minimum absolute atomic E-state index is 0.166. The molecule has 2 aliphatic rings. The van der Waals surface area contributed by atoms with Crippen molar-refractivity contribution in [3.63, 3.8) is 0 Å². The first kappa shape index (κ1) is 18.0. The number of guanidine groups is 1. The van der Waals surface area contributed by atoms with Crippen LogP contribution in [0.4, 0.5) is 0 Å². The average Bonchev–Trinajstić information content (AvgIpc) is 3.32. The summed E-state index contributed by atoms with van der Waals surface area (Å²) in [6, 6.07) is 0. The van der Waals surface area contributed by atoms with Crippen LogP contribution >= 0.6 is 0 Å². The second-order valence-corrected chi connectivity index (χ2v) is 6.61. The molecule has 1 N–H and O–H groups in total. The van der Waals surface area contributed by atoms with E-state index in [1.54, 1.807) is 6.92 Å². The molecule has 1 aliphatic heterocycles. The maximum absolute atomic E-state index is 11.4. The third-order valence-corrected chi connectivity index (χ3v) is 4.86. The lowest BCUT2D eigenvalue weighted by Crippen LogP contribution is -2.53. The predicted molar refractivity (Wildman–Crippen MR) is 92.6 cm³/mol. The van der Waals surface area contributed by atoms with Gasteiger partial charge in [0.15, 0.2) is 5.96 Å². The second kappa shape index (κ2) is 8.52. The van der Waals surface area contributed by atoms with E-state index in [-0.39, 0.29) is 5.91 Å². The quantitative estimate of drug-likeness (QED) is 0.436. The van der Waals surface area contributed by atoms with E-state index in [9.17, 15) is 4.79 Å². The average molecular weight is 324 g/mol. The van der Waals surface area contributed by atoms with Crippen molar-refractivity contribution in [1.82, 2.24) is 15.1 Å². The normalized spacial score (nSPS) is 20.6. The van der Waals surface area contributed by atoms with Gasteiger partial charge in [0.25, 0.3) is 0 Å². The SMILES string of the molecule is CCNC(=NCC1(CCOCC)CC1)N1CCN(C(C)=O)CC1. The first-order valence-corrected chi connectivity index (χ1v) is 8.97. The van der Waals surface area contributed by atoms with Crippen molar-refractivity contribution in [1.29, 1.82) is 0 Å². The molecular formula is C17H32N4O2. The Morgan fingerprint density at radius 2 is 1.83 bits per heavy atom. The van der Waals surface area contributed by atoms with Gasteiger partial charge in [-0.15, -0.1) is 0 Å². The molecule has 0 aromatic heterocycles. The molecule has 2 fully saturated rings. The van der Waals surface area contributed by atoms with Gasteiger partial charge in [0.05, 0.1) is 0 Å². The van der Waals surface area contributed by atoms with Crippen LogP contribution in [-0.2, 0) is 9.53 Å². The maximum Gasteiger partial charge on any atom is 0.219 e. The summed E-state index contributed by atoms with van der Waals surface area (Å²) >= 11 is 0. The lowest BCUT2D eigenvalue weighted by Gasteiger charge is -2.36. The molecule has 132 valence electrons. The zero-order valence-electron chi connectivity index (χ0n) is 14.9. The number of aliphatic imine (C=N–C) groups is 1. The van der Waals surface area contributed by atoms with Gasteiger partial charge in [0.2, 0.25) is 5.91 Å². The van der Waals surface area contributed by atoms with E-state index >= 15 is 0 Å². The summed E-state index contributed by atoms with van der Waals surface area (Å²) < 4.78 is 5.50. The van der Waals surface area contributed by atoms with Crippen molar-refractivity contribution in [2.45, 2.75) is 40.0 Å². The van der Waals surface area contributed by atoms with E-state index in [0.29, 0.717) is 5.41 Å². The number of carbonyl (C=O) groups is 1. The van der Waals surface area contributed by atoms with Gasteiger partial charge in [-0.3, -0.25) is 9.79 Å². The van der Waals surface area contributed by atoms with Crippen molar-refractivity contribution in [3.8, 4) is 0 Å². The predicted octanol–water partition coefficient (Wildman–Crippen LogP) is 1.32. The maximum atomic E-state index is 11.4. The van der Waals surface area contributed by atoms with E-state index in [1.165, 1.54) is 12.8 Å². The molecule has 0 radical (unpaired) electrons. The number of rotatable bonds is 7. The highest BCUT2D eigenvalue weighted by Crippen LogP contribution is 2.49. The highest BCUT2D eigenvalue weighted by Gasteiger charge is 2.42. The fourth-order valence-electron chi connectivity index (χ4n) is 3.00. The molecule has 1 aliphatic carbocycles. The van der Waals surface area contributed by atoms with E-state index in [1.807, 2.05) is 11.8 Å². The Balaban J connectivity index is 1.87. The van der Waals surface area contributed by atoms with Gasteiger partial charge in [-0.1, -0.05) is 0 Å². The number of carbonyl (C=O) groups excluding carboxylic acids is 1. The molecule has 0 bridgehead atoms. The number of nitrogens with one attached hydrogen (secondary N) is 1. The van der Waals surface area contributed by atoms with Crippen molar-refractivity contribution in [2.24, 2.45) is 10.4 Å². The standard InChI is InChI=1S/C17H32N4O2/c1-4-18-16(21-11-9-20(10-12-21)15(3)22)19-14-17(6-7-17)8-13-23-5-2/h4-14H2,1-3H3,(H,18,19). The smallest absolute Gasteiger partial charge is 0.219 e. The van der Waals surface area contributed by atoms with Gasteiger partial charge in [-0.05, 0) is 38.5 Å². The molecule has 0 aromatic carbocycles. The molecule has 0 aromatic rings. The van der Waals surface area contributed by atoms with Crippen LogP contribution in [0.25, 0.3) is 0 Å². The fraction of sp³-hybridized carbons (Fsp3) is 0.882. The second-order valence-electron chi connectivity index (χ2n) is 6.61. The van der Waals surface area contributed by atoms with Gasteiger partial charge in [-0.2, -0.15) is 0 Å². The Hall–Kier alpha value is -1.30. The first-order chi connectivity index (χ1) is 11.1. The molecule has 1 saturated carbocycles. The Morgan fingerprint density at radius 1 is 1.17 bits per heavy atom. The number of nitrogens with zero attached hydrogens (tertiary/aromatic N) is 3. The van der Waals surface area contributed by atoms with Crippen molar-refractivity contribution in [3.05, 3.63) is 0 Å². The molecule has 2 rings (SSSR count). The Morgan fingerprint density at radius 3 is 2.35 bits per heavy atom. The lowest BCUT2D eigenvalue weighted by atomic mass is 10.0. The van der Waals surface area contributed by atoms with Gasteiger partial charge in [0.1, 0.15) is 0 Å². The van der Waals surface area contributed by atoms with Gasteiger partial charge >= 0.3 is 0 Å².